The van der Waals surface area contributed by atoms with E-state index in [1.165, 1.54) is 0 Å². The number of nitrogens with zero attached hydrogens (tertiary/aromatic N) is 6. The predicted molar refractivity (Wildman–Crippen MR) is 270 cm³/mol. The molecule has 0 aliphatic heterocycles. The van der Waals surface area contributed by atoms with Crippen LogP contribution in [-0.4, -0.2) is 46.9 Å². The molecule has 4 aromatic carbocycles. The van der Waals surface area contributed by atoms with Crippen LogP contribution in [0, 0.1) is 34.5 Å². The highest BCUT2D eigenvalue weighted by atomic mass is 32.1. The largest absolute Gasteiger partial charge is 0.678 e. The van der Waals surface area contributed by atoms with Gasteiger partial charge in [0, 0.05) is 10.8 Å². The minimum atomic E-state index is -3.30. The number of aromatic nitrogens is 4. The number of nitriles is 2. The quantitative estimate of drug-likeness (QED) is 0.0557. The molecule has 0 fully saturated rings. The van der Waals surface area contributed by atoms with Crippen LogP contribution >= 0.6 is 22.7 Å². The number of fused-ring (bicyclic) bond motifs is 3. The van der Waals surface area contributed by atoms with E-state index >= 15 is 17.3 Å². The monoisotopic (exact) mass is 952 g/mol. The first kappa shape index (κ1) is 48.1. The number of unbranched alkanes of at least 4 members (excludes halogenated alkanes) is 2. The molecule has 16 heteroatoms. The molecule has 0 aliphatic rings. The maximum absolute atomic E-state index is 16.5. The second-order valence-corrected chi connectivity index (χ2v) is 19.0. The summed E-state index contributed by atoms with van der Waals surface area (Å²) in [5.74, 6) is 1.67. The molecule has 0 aliphatic carbocycles. The molecule has 2 atom stereocenters. The van der Waals surface area contributed by atoms with Gasteiger partial charge in [0.2, 0.25) is 0 Å². The molecular weight excluding hydrogens is 902 g/mol. The van der Waals surface area contributed by atoms with Gasteiger partial charge in [0.1, 0.15) is 44.8 Å². The van der Waals surface area contributed by atoms with Crippen molar-refractivity contribution in [1.29, 1.82) is 10.5 Å². The molecule has 0 saturated heterocycles. The van der Waals surface area contributed by atoms with Crippen molar-refractivity contribution in [2.24, 2.45) is 11.8 Å². The van der Waals surface area contributed by atoms with Crippen LogP contribution in [0.4, 0.5) is 17.3 Å². The highest BCUT2D eigenvalue weighted by molar-refractivity contribution is 7.20. The van der Waals surface area contributed by atoms with Crippen molar-refractivity contribution in [1.82, 2.24) is 18.9 Å². The normalized spacial score (nSPS) is 13.3. The van der Waals surface area contributed by atoms with Crippen LogP contribution in [0.5, 0.6) is 11.5 Å². The SMILES string of the molecule is CCCCC(CC)COc1ccc(-c2c3/c(=C(\C#N)c4nc5ccccc5s4)n(B(F)F)c(-c4ccc(OCC(CC)CCCC)cc4)c3/c(=C(\C#N)c3nc4ccccc4s3)n2B(F)F)cc1. The first-order chi connectivity index (χ1) is 33.1. The summed E-state index contributed by atoms with van der Waals surface area (Å²) in [6.07, 6.45) is 8.14. The summed E-state index contributed by atoms with van der Waals surface area (Å²) in [5.41, 5.74) is 0.730. The van der Waals surface area contributed by atoms with E-state index < -0.39 is 14.8 Å². The number of halogens is 4. The van der Waals surface area contributed by atoms with Gasteiger partial charge in [0.25, 0.3) is 0 Å². The Morgan fingerprint density at radius 2 is 0.971 bits per heavy atom. The maximum Gasteiger partial charge on any atom is 0.678 e. The Balaban J connectivity index is 1.49. The van der Waals surface area contributed by atoms with Crippen molar-refractivity contribution in [2.75, 3.05) is 13.2 Å². The van der Waals surface area contributed by atoms with Crippen molar-refractivity contribution < 1.29 is 26.7 Å². The summed E-state index contributed by atoms with van der Waals surface area (Å²) in [5, 5.41) is 21.8. The Hall–Kier alpha value is -6.35. The lowest BCUT2D eigenvalue weighted by Gasteiger charge is -2.16. The second kappa shape index (κ2) is 21.7. The first-order valence-electron chi connectivity index (χ1n) is 23.3. The van der Waals surface area contributed by atoms with Crippen LogP contribution in [0.1, 0.15) is 89.1 Å². The third kappa shape index (κ3) is 9.67. The first-order valence-corrected chi connectivity index (χ1v) is 24.9. The van der Waals surface area contributed by atoms with Gasteiger partial charge >= 0.3 is 14.8 Å². The number of hydrogen-bond acceptors (Lipinski definition) is 8. The number of thiazole rings is 2. The standard InChI is InChI=1S/C52H50B2F4N6O2S2/c1-5-9-15-33(7-3)31-65-37-25-21-35(22-26-37)47-45-46(50(63(47)53(55)56)40(30-60)52-62-42-18-12-14-20-44(42)68-52)48(36-23-27-38(28-24-36)66-32-34(8-4)16-10-6-2)64(54(57)58)49(45)39(29-59)51-61-41-17-11-13-19-43(41)67-51/h11-14,17-28,33-34H,5-10,15-16,31-32H2,1-4H3/b49-39-,50-40-. The van der Waals surface area contributed by atoms with Gasteiger partial charge < -0.3 is 18.4 Å². The average molecular weight is 953 g/mol. The fourth-order valence-electron chi connectivity index (χ4n) is 8.86. The van der Waals surface area contributed by atoms with Crippen LogP contribution < -0.4 is 20.2 Å². The number of ether oxygens (including phenoxy) is 2. The molecule has 68 heavy (non-hydrogen) atoms. The Labute approximate surface area is 402 Å². The summed E-state index contributed by atoms with van der Waals surface area (Å²) in [6.45, 7) is 9.46. The van der Waals surface area contributed by atoms with Crippen LogP contribution in [-0.2, 0) is 0 Å². The van der Waals surface area contributed by atoms with E-state index in [2.05, 4.69) is 39.8 Å². The Morgan fingerprint density at radius 1 is 0.588 bits per heavy atom. The Kier molecular flexibility index (Phi) is 15.4. The summed E-state index contributed by atoms with van der Waals surface area (Å²) in [7, 11) is -6.60. The maximum atomic E-state index is 16.5. The zero-order chi connectivity index (χ0) is 47.9. The molecule has 8 rings (SSSR count). The minimum absolute atomic E-state index is 0.0680. The third-order valence-electron chi connectivity index (χ3n) is 12.6. The zero-order valence-electron chi connectivity index (χ0n) is 38.4. The van der Waals surface area contributed by atoms with E-state index in [9.17, 15) is 10.5 Å². The summed E-state index contributed by atoms with van der Waals surface area (Å²) >= 11 is 2.28. The Morgan fingerprint density at radius 3 is 1.29 bits per heavy atom. The molecule has 0 N–H and O–H groups in total. The summed E-state index contributed by atoms with van der Waals surface area (Å²) < 4.78 is 81.2. The minimum Gasteiger partial charge on any atom is -0.493 e. The van der Waals surface area contributed by atoms with Crippen molar-refractivity contribution in [2.45, 2.75) is 79.1 Å². The van der Waals surface area contributed by atoms with Gasteiger partial charge in [0.15, 0.2) is 0 Å². The number of para-hydroxylation sites is 2. The van der Waals surface area contributed by atoms with Crippen molar-refractivity contribution >= 4 is 79.8 Å². The number of benzene rings is 4. The van der Waals surface area contributed by atoms with Crippen LogP contribution in [0.15, 0.2) is 97.1 Å². The molecule has 0 spiro atoms. The topological polar surface area (TPSA) is 102 Å². The van der Waals surface area contributed by atoms with Crippen molar-refractivity contribution in [3.63, 3.8) is 0 Å². The Bertz CT molecular complexity index is 2980. The summed E-state index contributed by atoms with van der Waals surface area (Å²) in [6, 6.07) is 31.9. The van der Waals surface area contributed by atoms with Gasteiger partial charge in [-0.25, -0.2) is 9.97 Å². The van der Waals surface area contributed by atoms with Gasteiger partial charge in [-0.2, -0.15) is 10.5 Å². The fraction of sp³-hybridized carbons (Fsp3) is 0.308. The lowest BCUT2D eigenvalue weighted by Crippen LogP contribution is -2.32. The smallest absolute Gasteiger partial charge is 0.493 e. The predicted octanol–water partition coefficient (Wildman–Crippen LogP) is 13.2. The van der Waals surface area contributed by atoms with Crippen molar-refractivity contribution in [3.8, 4) is 46.2 Å². The van der Waals surface area contributed by atoms with Crippen LogP contribution in [0.2, 0.25) is 0 Å². The highest BCUT2D eigenvalue weighted by Crippen LogP contribution is 2.39. The summed E-state index contributed by atoms with van der Waals surface area (Å²) in [4.78, 5) is 9.46. The molecule has 0 amide bonds. The van der Waals surface area contributed by atoms with E-state index in [-0.39, 0.29) is 65.1 Å². The van der Waals surface area contributed by atoms with E-state index in [1.807, 2.05) is 24.3 Å². The molecule has 8 nitrogen and oxygen atoms in total. The van der Waals surface area contributed by atoms with Gasteiger partial charge in [-0.1, -0.05) is 90.5 Å². The zero-order valence-corrected chi connectivity index (χ0v) is 40.1. The van der Waals surface area contributed by atoms with Gasteiger partial charge in [-0.3, -0.25) is 17.3 Å². The second-order valence-electron chi connectivity index (χ2n) is 16.9. The molecule has 0 radical (unpaired) electrons. The van der Waals surface area contributed by atoms with Crippen molar-refractivity contribution in [3.05, 3.63) is 118 Å². The lowest BCUT2D eigenvalue weighted by atomic mass is 10.0. The van der Waals surface area contributed by atoms with Crippen LogP contribution in [0.25, 0.3) is 64.9 Å². The molecule has 4 heterocycles. The lowest BCUT2D eigenvalue weighted by molar-refractivity contribution is 0.233. The van der Waals surface area contributed by atoms with Crippen LogP contribution in [0.3, 0.4) is 0 Å². The fourth-order valence-corrected chi connectivity index (χ4v) is 10.8. The highest BCUT2D eigenvalue weighted by Gasteiger charge is 2.37. The van der Waals surface area contributed by atoms with E-state index in [1.54, 1.807) is 72.8 Å². The number of hydrogen-bond donors (Lipinski definition) is 0. The molecule has 2 unspecified atom stereocenters. The van der Waals surface area contributed by atoms with Gasteiger partial charge in [-0.05, 0) is 109 Å². The molecule has 0 saturated carbocycles. The molecule has 346 valence electrons. The van der Waals surface area contributed by atoms with Gasteiger partial charge in [-0.15, -0.1) is 22.7 Å². The van der Waals surface area contributed by atoms with Gasteiger partial charge in [0.05, 0.1) is 55.7 Å². The average Bonchev–Trinajstić information content (AvgIpc) is 4.14. The molecular formula is C52H50B2F4N6O2S2. The molecule has 0 bridgehead atoms. The molecule has 8 aromatic rings. The van der Waals surface area contributed by atoms with E-state index in [4.69, 9.17) is 19.4 Å². The number of rotatable bonds is 20. The third-order valence-corrected chi connectivity index (χ3v) is 14.7. The van der Waals surface area contributed by atoms with E-state index in [0.29, 0.717) is 57.0 Å². The van der Waals surface area contributed by atoms with E-state index in [0.717, 1.165) is 83.0 Å². The molecule has 4 aromatic heterocycles.